The predicted octanol–water partition coefficient (Wildman–Crippen LogP) is 3.97. The van der Waals surface area contributed by atoms with Gasteiger partial charge in [-0.15, -0.1) is 0 Å². The van der Waals surface area contributed by atoms with Crippen LogP contribution in [0.1, 0.15) is 26.7 Å². The minimum absolute atomic E-state index is 0.189. The molecular formula is C14H20Cl2N2O2. The van der Waals surface area contributed by atoms with E-state index < -0.39 is 0 Å². The Kier molecular flexibility index (Phi) is 7.13. The Morgan fingerprint density at radius 3 is 2.65 bits per heavy atom. The summed E-state index contributed by atoms with van der Waals surface area (Å²) >= 11 is 11.8. The molecule has 0 aliphatic rings. The molecule has 0 atom stereocenters. The first-order valence-corrected chi connectivity index (χ1v) is 7.28. The van der Waals surface area contributed by atoms with Crippen LogP contribution in [0.25, 0.3) is 0 Å². The van der Waals surface area contributed by atoms with Gasteiger partial charge in [-0.05, 0) is 24.5 Å². The van der Waals surface area contributed by atoms with Gasteiger partial charge in [-0.25, -0.2) is 0 Å². The van der Waals surface area contributed by atoms with Gasteiger partial charge < -0.3 is 15.8 Å². The van der Waals surface area contributed by atoms with Gasteiger partial charge in [-0.3, -0.25) is 4.79 Å². The summed E-state index contributed by atoms with van der Waals surface area (Å²) in [5.74, 6) is 0.405. The highest BCUT2D eigenvalue weighted by Crippen LogP contribution is 2.32. The van der Waals surface area contributed by atoms with Crippen molar-refractivity contribution in [1.82, 2.24) is 0 Å². The summed E-state index contributed by atoms with van der Waals surface area (Å²) in [6.07, 6.45) is 1.24. The van der Waals surface area contributed by atoms with Gasteiger partial charge in [-0.2, -0.15) is 0 Å². The zero-order valence-corrected chi connectivity index (χ0v) is 13.2. The number of amides is 1. The third-order valence-corrected chi connectivity index (χ3v) is 3.18. The maximum absolute atomic E-state index is 11.8. The fourth-order valence-corrected chi connectivity index (χ4v) is 2.07. The average Bonchev–Trinajstić information content (AvgIpc) is 2.33. The molecule has 1 aromatic rings. The summed E-state index contributed by atoms with van der Waals surface area (Å²) in [7, 11) is 0. The molecule has 0 radical (unpaired) electrons. The number of benzene rings is 1. The van der Waals surface area contributed by atoms with E-state index in [0.717, 1.165) is 6.42 Å². The first kappa shape index (κ1) is 17.1. The fraction of sp³-hybridized carbons (Fsp3) is 0.500. The number of hydrogen-bond acceptors (Lipinski definition) is 3. The maximum atomic E-state index is 11.8. The molecule has 0 heterocycles. The van der Waals surface area contributed by atoms with Crippen molar-refractivity contribution in [3.63, 3.8) is 0 Å². The van der Waals surface area contributed by atoms with Crippen molar-refractivity contribution in [1.29, 1.82) is 0 Å². The summed E-state index contributed by atoms with van der Waals surface area (Å²) < 4.78 is 5.39. The second-order valence-electron chi connectivity index (χ2n) is 4.94. The maximum Gasteiger partial charge on any atom is 0.226 e. The van der Waals surface area contributed by atoms with Crippen molar-refractivity contribution < 1.29 is 9.53 Å². The SMILES string of the molecule is CC(C)CCOCCC(=O)Nc1c(N)cc(Cl)cc1Cl. The predicted molar refractivity (Wildman–Crippen MR) is 84.4 cm³/mol. The number of ether oxygens (including phenoxy) is 1. The number of anilines is 2. The Labute approximate surface area is 129 Å². The summed E-state index contributed by atoms with van der Waals surface area (Å²) in [5, 5.41) is 3.43. The van der Waals surface area contributed by atoms with Crippen LogP contribution in [0.2, 0.25) is 10.0 Å². The van der Waals surface area contributed by atoms with Crippen molar-refractivity contribution in [2.45, 2.75) is 26.7 Å². The lowest BCUT2D eigenvalue weighted by molar-refractivity contribution is -0.117. The largest absolute Gasteiger partial charge is 0.397 e. The highest BCUT2D eigenvalue weighted by molar-refractivity contribution is 6.37. The Morgan fingerprint density at radius 2 is 2.05 bits per heavy atom. The lowest BCUT2D eigenvalue weighted by Crippen LogP contribution is -2.16. The number of rotatable bonds is 7. The number of hydrogen-bond donors (Lipinski definition) is 2. The van der Waals surface area contributed by atoms with Crippen LogP contribution in [-0.4, -0.2) is 19.1 Å². The van der Waals surface area contributed by atoms with Gasteiger partial charge in [0.1, 0.15) is 0 Å². The van der Waals surface area contributed by atoms with Crippen LogP contribution in [0, 0.1) is 5.92 Å². The first-order valence-electron chi connectivity index (χ1n) is 6.52. The third kappa shape index (κ3) is 5.99. The minimum atomic E-state index is -0.189. The standard InChI is InChI=1S/C14H20Cl2N2O2/c1-9(2)3-5-20-6-4-13(19)18-14-11(16)7-10(15)8-12(14)17/h7-9H,3-6,17H2,1-2H3,(H,18,19). The number of nitrogens with one attached hydrogen (secondary N) is 1. The third-order valence-electron chi connectivity index (χ3n) is 2.66. The van der Waals surface area contributed by atoms with E-state index in [4.69, 9.17) is 33.7 Å². The Morgan fingerprint density at radius 1 is 1.35 bits per heavy atom. The van der Waals surface area contributed by atoms with Crippen LogP contribution in [0.5, 0.6) is 0 Å². The van der Waals surface area contributed by atoms with E-state index in [1.54, 1.807) is 6.07 Å². The van der Waals surface area contributed by atoms with E-state index in [1.165, 1.54) is 6.07 Å². The Hall–Kier alpha value is -0.970. The molecule has 0 aliphatic carbocycles. The molecular weight excluding hydrogens is 299 g/mol. The average molecular weight is 319 g/mol. The van der Waals surface area contributed by atoms with E-state index in [2.05, 4.69) is 19.2 Å². The number of carbonyl (C=O) groups is 1. The molecule has 0 saturated carbocycles. The molecule has 20 heavy (non-hydrogen) atoms. The molecule has 1 amide bonds. The summed E-state index contributed by atoms with van der Waals surface area (Å²) in [5.41, 5.74) is 6.50. The molecule has 0 bridgehead atoms. The van der Waals surface area contributed by atoms with Crippen molar-refractivity contribution in [3.8, 4) is 0 Å². The Balaban J connectivity index is 2.39. The van der Waals surface area contributed by atoms with Crippen LogP contribution < -0.4 is 11.1 Å². The molecule has 4 nitrogen and oxygen atoms in total. The molecule has 0 fully saturated rings. The molecule has 1 rings (SSSR count). The quantitative estimate of drug-likeness (QED) is 0.590. The number of nitrogen functional groups attached to an aromatic ring is 1. The topological polar surface area (TPSA) is 64.3 Å². The van der Waals surface area contributed by atoms with Gasteiger partial charge in [0.2, 0.25) is 5.91 Å². The molecule has 0 unspecified atom stereocenters. The van der Waals surface area contributed by atoms with Gasteiger partial charge in [0, 0.05) is 11.6 Å². The first-order chi connectivity index (χ1) is 9.40. The van der Waals surface area contributed by atoms with Gasteiger partial charge >= 0.3 is 0 Å². The van der Waals surface area contributed by atoms with Crippen molar-refractivity contribution in [2.75, 3.05) is 24.3 Å². The van der Waals surface area contributed by atoms with Crippen LogP contribution >= 0.6 is 23.2 Å². The van der Waals surface area contributed by atoms with E-state index >= 15 is 0 Å². The second kappa shape index (κ2) is 8.35. The van der Waals surface area contributed by atoms with Crippen molar-refractivity contribution in [2.24, 2.45) is 5.92 Å². The van der Waals surface area contributed by atoms with Crippen LogP contribution in [0.4, 0.5) is 11.4 Å². The van der Waals surface area contributed by atoms with Crippen molar-refractivity contribution in [3.05, 3.63) is 22.2 Å². The van der Waals surface area contributed by atoms with Crippen LogP contribution in [-0.2, 0) is 9.53 Å². The highest BCUT2D eigenvalue weighted by atomic mass is 35.5. The van der Waals surface area contributed by atoms with E-state index in [-0.39, 0.29) is 12.3 Å². The zero-order chi connectivity index (χ0) is 15.1. The molecule has 0 aliphatic heterocycles. The van der Waals surface area contributed by atoms with Crippen LogP contribution in [0.3, 0.4) is 0 Å². The molecule has 6 heteroatoms. The highest BCUT2D eigenvalue weighted by Gasteiger charge is 2.10. The fourth-order valence-electron chi connectivity index (χ4n) is 1.51. The smallest absolute Gasteiger partial charge is 0.226 e. The number of halogens is 2. The minimum Gasteiger partial charge on any atom is -0.397 e. The van der Waals surface area contributed by atoms with Gasteiger partial charge in [0.25, 0.3) is 0 Å². The van der Waals surface area contributed by atoms with Gasteiger partial charge in [0.15, 0.2) is 0 Å². The van der Waals surface area contributed by atoms with E-state index in [0.29, 0.717) is 40.6 Å². The van der Waals surface area contributed by atoms with Gasteiger partial charge in [-0.1, -0.05) is 37.0 Å². The number of carbonyl (C=O) groups excluding carboxylic acids is 1. The monoisotopic (exact) mass is 318 g/mol. The molecule has 0 aromatic heterocycles. The van der Waals surface area contributed by atoms with E-state index in [9.17, 15) is 4.79 Å². The van der Waals surface area contributed by atoms with Crippen LogP contribution in [0.15, 0.2) is 12.1 Å². The summed E-state index contributed by atoms with van der Waals surface area (Å²) in [4.78, 5) is 11.8. The summed E-state index contributed by atoms with van der Waals surface area (Å²) in [6, 6.07) is 3.08. The molecule has 112 valence electrons. The van der Waals surface area contributed by atoms with E-state index in [1.807, 2.05) is 0 Å². The summed E-state index contributed by atoms with van der Waals surface area (Å²) in [6.45, 7) is 5.29. The Bertz CT molecular complexity index is 441. The second-order valence-corrected chi connectivity index (χ2v) is 5.79. The molecule has 0 saturated heterocycles. The lowest BCUT2D eigenvalue weighted by atomic mass is 10.1. The van der Waals surface area contributed by atoms with Crippen molar-refractivity contribution >= 4 is 40.5 Å². The lowest BCUT2D eigenvalue weighted by Gasteiger charge is -2.11. The molecule has 0 spiro atoms. The van der Waals surface area contributed by atoms with Gasteiger partial charge in [0.05, 0.1) is 29.4 Å². The number of nitrogens with two attached hydrogens (primary N) is 1. The molecule has 3 N–H and O–H groups in total. The normalized spacial score (nSPS) is 10.8. The zero-order valence-electron chi connectivity index (χ0n) is 11.7. The molecule has 1 aromatic carbocycles.